The van der Waals surface area contributed by atoms with Gasteiger partial charge in [0.1, 0.15) is 0 Å². The molecule has 0 spiro atoms. The van der Waals surface area contributed by atoms with Crippen LogP contribution in [0.25, 0.3) is 0 Å². The molecule has 1 fully saturated rings. The number of rotatable bonds is 6. The van der Waals surface area contributed by atoms with Crippen LogP contribution in [0.15, 0.2) is 24.3 Å². The summed E-state index contributed by atoms with van der Waals surface area (Å²) in [5.41, 5.74) is 2.38. The van der Waals surface area contributed by atoms with Crippen molar-refractivity contribution in [2.24, 2.45) is 0 Å². The molecule has 1 aromatic rings. The molecule has 0 aromatic heterocycles. The third-order valence-electron chi connectivity index (χ3n) is 5.52. The van der Waals surface area contributed by atoms with Gasteiger partial charge >= 0.3 is 0 Å². The summed E-state index contributed by atoms with van der Waals surface area (Å²) >= 11 is 0. The number of carbonyl (C=O) groups excluding carboxylic acids is 2. The zero-order valence-corrected chi connectivity index (χ0v) is 16.0. The predicted octanol–water partition coefficient (Wildman–Crippen LogP) is 2.69. The normalized spacial score (nSPS) is 17.9. The Morgan fingerprint density at radius 2 is 1.73 bits per heavy atom. The number of fused-ring (bicyclic) bond motifs is 1. The van der Waals surface area contributed by atoms with E-state index in [1.54, 1.807) is 0 Å². The standard InChI is InChI=1S/C21H31N3O2/c1-2-3-10-20(25)23-16-14-22(15-17-23)13-11-21(26)24-12-6-8-18-7-4-5-9-19(18)24/h4-5,7,9H,2-3,6,8,10-17H2,1H3. The van der Waals surface area contributed by atoms with E-state index < -0.39 is 0 Å². The van der Waals surface area contributed by atoms with Crippen LogP contribution in [0.3, 0.4) is 0 Å². The van der Waals surface area contributed by atoms with Gasteiger partial charge in [0.2, 0.25) is 11.8 Å². The first-order chi connectivity index (χ1) is 12.7. The fraction of sp³-hybridized carbons (Fsp3) is 0.619. The molecule has 2 aliphatic heterocycles. The quantitative estimate of drug-likeness (QED) is 0.786. The molecule has 5 nitrogen and oxygen atoms in total. The second-order valence-electron chi connectivity index (χ2n) is 7.35. The van der Waals surface area contributed by atoms with E-state index in [2.05, 4.69) is 24.0 Å². The molecule has 0 N–H and O–H groups in total. The third-order valence-corrected chi connectivity index (χ3v) is 5.52. The van der Waals surface area contributed by atoms with E-state index in [0.717, 1.165) is 70.6 Å². The van der Waals surface area contributed by atoms with Crippen LogP contribution in [-0.4, -0.2) is 60.9 Å². The van der Waals surface area contributed by atoms with Gasteiger partial charge in [0.05, 0.1) is 0 Å². The van der Waals surface area contributed by atoms with Crippen molar-refractivity contribution in [1.82, 2.24) is 9.80 Å². The van der Waals surface area contributed by atoms with Gasteiger partial charge in [-0.05, 0) is 30.9 Å². The van der Waals surface area contributed by atoms with Gasteiger partial charge in [-0.15, -0.1) is 0 Å². The summed E-state index contributed by atoms with van der Waals surface area (Å²) in [5.74, 6) is 0.506. The summed E-state index contributed by atoms with van der Waals surface area (Å²) in [6.07, 6.45) is 5.37. The van der Waals surface area contributed by atoms with Crippen LogP contribution >= 0.6 is 0 Å². The van der Waals surface area contributed by atoms with Crippen molar-refractivity contribution in [3.63, 3.8) is 0 Å². The molecule has 0 aliphatic carbocycles. The van der Waals surface area contributed by atoms with Crippen LogP contribution < -0.4 is 4.90 Å². The van der Waals surface area contributed by atoms with Crippen molar-refractivity contribution in [3.05, 3.63) is 29.8 Å². The number of aryl methyl sites for hydroxylation is 1. The van der Waals surface area contributed by atoms with Crippen molar-refractivity contribution in [2.75, 3.05) is 44.2 Å². The molecular weight excluding hydrogens is 326 g/mol. The van der Waals surface area contributed by atoms with Crippen LogP contribution in [0, 0.1) is 0 Å². The summed E-state index contributed by atoms with van der Waals surface area (Å²) in [7, 11) is 0. The topological polar surface area (TPSA) is 43.9 Å². The highest BCUT2D eigenvalue weighted by molar-refractivity contribution is 5.94. The largest absolute Gasteiger partial charge is 0.340 e. The zero-order chi connectivity index (χ0) is 18.4. The number of anilines is 1. The highest BCUT2D eigenvalue weighted by Crippen LogP contribution is 2.27. The molecule has 1 saturated heterocycles. The molecule has 0 atom stereocenters. The van der Waals surface area contributed by atoms with Gasteiger partial charge in [0.25, 0.3) is 0 Å². The smallest absolute Gasteiger partial charge is 0.228 e. The van der Waals surface area contributed by atoms with Crippen LogP contribution in [0.4, 0.5) is 5.69 Å². The number of hydrogen-bond donors (Lipinski definition) is 0. The van der Waals surface area contributed by atoms with Gasteiger partial charge in [-0.3, -0.25) is 14.5 Å². The molecule has 142 valence electrons. The van der Waals surface area contributed by atoms with Crippen molar-refractivity contribution in [2.45, 2.75) is 45.4 Å². The van der Waals surface area contributed by atoms with Gasteiger partial charge in [0.15, 0.2) is 0 Å². The molecule has 0 unspecified atom stereocenters. The Kier molecular flexibility index (Phi) is 6.67. The number of nitrogens with zero attached hydrogens (tertiary/aromatic N) is 3. The zero-order valence-electron chi connectivity index (χ0n) is 16.0. The Labute approximate surface area is 156 Å². The van der Waals surface area contributed by atoms with Gasteiger partial charge < -0.3 is 9.80 Å². The average molecular weight is 357 g/mol. The van der Waals surface area contributed by atoms with Crippen molar-refractivity contribution in [1.29, 1.82) is 0 Å². The monoisotopic (exact) mass is 357 g/mol. The number of amides is 2. The fourth-order valence-electron chi connectivity index (χ4n) is 3.89. The molecule has 0 bridgehead atoms. The van der Waals surface area contributed by atoms with Crippen molar-refractivity contribution in [3.8, 4) is 0 Å². The molecule has 0 saturated carbocycles. The van der Waals surface area contributed by atoms with Crippen LogP contribution in [0.1, 0.15) is 44.6 Å². The van der Waals surface area contributed by atoms with E-state index in [1.165, 1.54) is 5.56 Å². The lowest BCUT2D eigenvalue weighted by Gasteiger charge is -2.35. The van der Waals surface area contributed by atoms with Crippen molar-refractivity contribution < 1.29 is 9.59 Å². The second-order valence-corrected chi connectivity index (χ2v) is 7.35. The molecular formula is C21H31N3O2. The SMILES string of the molecule is CCCCC(=O)N1CCN(CCC(=O)N2CCCc3ccccc32)CC1. The summed E-state index contributed by atoms with van der Waals surface area (Å²) in [5, 5.41) is 0. The van der Waals surface area contributed by atoms with Crippen molar-refractivity contribution >= 4 is 17.5 Å². The minimum atomic E-state index is 0.221. The Hall–Kier alpha value is -1.88. The summed E-state index contributed by atoms with van der Waals surface area (Å²) < 4.78 is 0. The first-order valence-electron chi connectivity index (χ1n) is 10.1. The van der Waals surface area contributed by atoms with E-state index in [1.807, 2.05) is 21.9 Å². The lowest BCUT2D eigenvalue weighted by atomic mass is 10.0. The molecule has 1 aromatic carbocycles. The molecule has 2 amide bonds. The van der Waals surface area contributed by atoms with Crippen LogP contribution in [0.2, 0.25) is 0 Å². The minimum absolute atomic E-state index is 0.221. The Balaban J connectivity index is 1.44. The molecule has 26 heavy (non-hydrogen) atoms. The third kappa shape index (κ3) is 4.64. The lowest BCUT2D eigenvalue weighted by molar-refractivity contribution is -0.133. The van der Waals surface area contributed by atoms with E-state index >= 15 is 0 Å². The summed E-state index contributed by atoms with van der Waals surface area (Å²) in [4.78, 5) is 31.1. The first-order valence-corrected chi connectivity index (χ1v) is 10.1. The maximum absolute atomic E-state index is 12.7. The molecule has 0 radical (unpaired) electrons. The molecule has 3 rings (SSSR count). The van der Waals surface area contributed by atoms with Gasteiger partial charge in [-0.2, -0.15) is 0 Å². The minimum Gasteiger partial charge on any atom is -0.340 e. The predicted molar refractivity (Wildman–Crippen MR) is 104 cm³/mol. The Bertz CT molecular complexity index is 623. The van der Waals surface area contributed by atoms with Gasteiger partial charge in [-0.25, -0.2) is 0 Å². The van der Waals surface area contributed by atoms with E-state index in [-0.39, 0.29) is 11.8 Å². The maximum Gasteiger partial charge on any atom is 0.228 e. The van der Waals surface area contributed by atoms with Gasteiger partial charge in [0, 0.05) is 57.8 Å². The first kappa shape index (κ1) is 18.9. The Morgan fingerprint density at radius 1 is 0.962 bits per heavy atom. The number of carbonyl (C=O) groups is 2. The highest BCUT2D eigenvalue weighted by Gasteiger charge is 2.24. The highest BCUT2D eigenvalue weighted by atomic mass is 16.2. The molecule has 2 heterocycles. The second kappa shape index (κ2) is 9.17. The molecule has 5 heteroatoms. The average Bonchev–Trinajstić information content (AvgIpc) is 2.70. The van der Waals surface area contributed by atoms with E-state index in [4.69, 9.17) is 0 Å². The number of unbranched alkanes of at least 4 members (excludes halogenated alkanes) is 1. The van der Waals surface area contributed by atoms with E-state index in [0.29, 0.717) is 12.8 Å². The fourth-order valence-corrected chi connectivity index (χ4v) is 3.89. The molecule has 2 aliphatic rings. The number of para-hydroxylation sites is 1. The lowest BCUT2D eigenvalue weighted by Crippen LogP contribution is -2.49. The summed E-state index contributed by atoms with van der Waals surface area (Å²) in [6, 6.07) is 8.25. The number of benzene rings is 1. The van der Waals surface area contributed by atoms with Gasteiger partial charge in [-0.1, -0.05) is 31.5 Å². The maximum atomic E-state index is 12.7. The van der Waals surface area contributed by atoms with Crippen LogP contribution in [0.5, 0.6) is 0 Å². The van der Waals surface area contributed by atoms with E-state index in [9.17, 15) is 9.59 Å². The Morgan fingerprint density at radius 3 is 2.50 bits per heavy atom. The summed E-state index contributed by atoms with van der Waals surface area (Å²) in [6.45, 7) is 7.07. The number of hydrogen-bond acceptors (Lipinski definition) is 3. The van der Waals surface area contributed by atoms with Crippen LogP contribution in [-0.2, 0) is 16.0 Å². The number of piperazine rings is 1.